The molecule has 0 aliphatic carbocycles. The summed E-state index contributed by atoms with van der Waals surface area (Å²) in [5, 5.41) is 5.97. The van der Waals surface area contributed by atoms with Gasteiger partial charge in [0.2, 0.25) is 11.7 Å². The smallest absolute Gasteiger partial charge is 0.254 e. The van der Waals surface area contributed by atoms with Gasteiger partial charge in [0.25, 0.3) is 5.91 Å². The Labute approximate surface area is 175 Å². The Morgan fingerprint density at radius 3 is 2.86 bits per heavy atom. The van der Waals surface area contributed by atoms with E-state index in [2.05, 4.69) is 34.1 Å². The standard InChI is InChI=1S/C22H26N4O2S/c1-16-5-3-11-26(13-16)14-17-7-9-18(10-8-17)22(27)25(2)15-20-23-21(24-28-20)19-6-4-12-29-19/h4,6-10,12,16H,3,5,11,13-15H2,1-2H3/t16-/m1/s1. The highest BCUT2D eigenvalue weighted by Gasteiger charge is 2.18. The summed E-state index contributed by atoms with van der Waals surface area (Å²) in [4.78, 5) is 22.2. The molecule has 6 nitrogen and oxygen atoms in total. The Balaban J connectivity index is 1.35. The summed E-state index contributed by atoms with van der Waals surface area (Å²) in [5.41, 5.74) is 1.91. The normalized spacial score (nSPS) is 17.4. The first kappa shape index (κ1) is 19.8. The number of hydrogen-bond acceptors (Lipinski definition) is 6. The van der Waals surface area contributed by atoms with Gasteiger partial charge in [-0.3, -0.25) is 9.69 Å². The first-order valence-corrected chi connectivity index (χ1v) is 10.9. The molecule has 1 saturated heterocycles. The largest absolute Gasteiger partial charge is 0.337 e. The number of carbonyl (C=O) groups is 1. The van der Waals surface area contributed by atoms with Crippen LogP contribution < -0.4 is 0 Å². The number of piperidine rings is 1. The van der Waals surface area contributed by atoms with Crippen molar-refractivity contribution in [2.45, 2.75) is 32.9 Å². The topological polar surface area (TPSA) is 62.5 Å². The third kappa shape index (κ3) is 4.92. The van der Waals surface area contributed by atoms with Crippen LogP contribution in [0.2, 0.25) is 0 Å². The molecule has 0 radical (unpaired) electrons. The summed E-state index contributed by atoms with van der Waals surface area (Å²) in [6, 6.07) is 11.8. The van der Waals surface area contributed by atoms with Gasteiger partial charge in [0, 0.05) is 25.7 Å². The number of hydrogen-bond donors (Lipinski definition) is 0. The molecule has 0 N–H and O–H groups in total. The number of benzene rings is 1. The van der Waals surface area contributed by atoms with Crippen LogP contribution in [0.15, 0.2) is 46.3 Å². The molecule has 0 spiro atoms. The zero-order valence-corrected chi connectivity index (χ0v) is 17.7. The van der Waals surface area contributed by atoms with Crippen LogP contribution in [0.25, 0.3) is 10.7 Å². The first-order chi connectivity index (χ1) is 14.1. The summed E-state index contributed by atoms with van der Waals surface area (Å²) in [6.07, 6.45) is 2.59. The van der Waals surface area contributed by atoms with Gasteiger partial charge in [-0.2, -0.15) is 4.98 Å². The van der Waals surface area contributed by atoms with Gasteiger partial charge in [-0.25, -0.2) is 0 Å². The fourth-order valence-electron chi connectivity index (χ4n) is 3.76. The van der Waals surface area contributed by atoms with E-state index in [1.54, 1.807) is 23.3 Å². The van der Waals surface area contributed by atoms with E-state index in [-0.39, 0.29) is 12.5 Å². The van der Waals surface area contributed by atoms with Crippen LogP contribution in [-0.4, -0.2) is 46.0 Å². The van der Waals surface area contributed by atoms with Crippen molar-refractivity contribution in [1.29, 1.82) is 0 Å². The molecule has 2 aromatic heterocycles. The number of carbonyl (C=O) groups excluding carboxylic acids is 1. The molecular weight excluding hydrogens is 384 g/mol. The van der Waals surface area contributed by atoms with E-state index < -0.39 is 0 Å². The zero-order chi connectivity index (χ0) is 20.2. The summed E-state index contributed by atoms with van der Waals surface area (Å²) >= 11 is 1.56. The molecule has 3 aromatic rings. The summed E-state index contributed by atoms with van der Waals surface area (Å²) in [6.45, 7) is 5.86. The van der Waals surface area contributed by atoms with Crippen LogP contribution in [0.3, 0.4) is 0 Å². The van der Waals surface area contributed by atoms with Gasteiger partial charge in [0.1, 0.15) is 0 Å². The van der Waals surface area contributed by atoms with Crippen LogP contribution in [0, 0.1) is 5.92 Å². The number of aromatic nitrogens is 2. The van der Waals surface area contributed by atoms with Crippen LogP contribution in [-0.2, 0) is 13.1 Å². The first-order valence-electron chi connectivity index (χ1n) is 10.0. The van der Waals surface area contributed by atoms with Crippen molar-refractivity contribution >= 4 is 17.2 Å². The summed E-state index contributed by atoms with van der Waals surface area (Å²) in [5.74, 6) is 1.70. The molecule has 1 amide bonds. The fraction of sp³-hybridized carbons (Fsp3) is 0.409. The highest BCUT2D eigenvalue weighted by atomic mass is 32.1. The predicted octanol–water partition coefficient (Wildman–Crippen LogP) is 4.30. The van der Waals surface area contributed by atoms with Gasteiger partial charge >= 0.3 is 0 Å². The number of amides is 1. The van der Waals surface area contributed by atoms with Crippen molar-refractivity contribution in [2.24, 2.45) is 5.92 Å². The lowest BCUT2D eigenvalue weighted by molar-refractivity contribution is 0.0769. The quantitative estimate of drug-likeness (QED) is 0.606. The van der Waals surface area contributed by atoms with Gasteiger partial charge in [-0.05, 0) is 54.4 Å². The van der Waals surface area contributed by atoms with E-state index in [1.165, 1.54) is 18.4 Å². The molecule has 1 aliphatic rings. The molecule has 0 unspecified atom stereocenters. The number of nitrogens with zero attached hydrogens (tertiary/aromatic N) is 4. The van der Waals surface area contributed by atoms with E-state index in [0.717, 1.165) is 30.4 Å². The molecule has 1 aliphatic heterocycles. The molecular formula is C22H26N4O2S. The second-order valence-electron chi connectivity index (χ2n) is 7.83. The fourth-order valence-corrected chi connectivity index (χ4v) is 4.41. The van der Waals surface area contributed by atoms with Crippen molar-refractivity contribution in [3.05, 3.63) is 58.8 Å². The Hall–Kier alpha value is -2.51. The molecule has 0 bridgehead atoms. The molecule has 3 heterocycles. The Kier molecular flexibility index (Phi) is 6.06. The lowest BCUT2D eigenvalue weighted by atomic mass is 9.99. The molecule has 7 heteroatoms. The van der Waals surface area contributed by atoms with E-state index in [4.69, 9.17) is 4.52 Å². The lowest BCUT2D eigenvalue weighted by Crippen LogP contribution is -2.33. The minimum absolute atomic E-state index is 0.0565. The zero-order valence-electron chi connectivity index (χ0n) is 16.9. The molecule has 1 aromatic carbocycles. The molecule has 4 rings (SSSR count). The van der Waals surface area contributed by atoms with Gasteiger partial charge in [0.15, 0.2) is 0 Å². The number of rotatable bonds is 6. The van der Waals surface area contributed by atoms with Crippen molar-refractivity contribution in [1.82, 2.24) is 19.9 Å². The van der Waals surface area contributed by atoms with Crippen LogP contribution >= 0.6 is 11.3 Å². The van der Waals surface area contributed by atoms with E-state index in [9.17, 15) is 4.79 Å². The van der Waals surface area contributed by atoms with Crippen LogP contribution in [0.5, 0.6) is 0 Å². The average Bonchev–Trinajstić information content (AvgIpc) is 3.40. The molecule has 0 saturated carbocycles. The maximum atomic E-state index is 12.8. The number of thiophene rings is 1. The Morgan fingerprint density at radius 2 is 2.14 bits per heavy atom. The highest BCUT2D eigenvalue weighted by Crippen LogP contribution is 2.22. The monoisotopic (exact) mass is 410 g/mol. The van der Waals surface area contributed by atoms with E-state index in [1.807, 2.05) is 29.6 Å². The second kappa shape index (κ2) is 8.88. The van der Waals surface area contributed by atoms with Gasteiger partial charge in [0.05, 0.1) is 11.4 Å². The highest BCUT2D eigenvalue weighted by molar-refractivity contribution is 7.13. The minimum atomic E-state index is -0.0565. The third-order valence-corrected chi connectivity index (χ3v) is 6.14. The van der Waals surface area contributed by atoms with Gasteiger partial charge in [-0.1, -0.05) is 30.3 Å². The molecule has 1 atom stereocenters. The van der Waals surface area contributed by atoms with E-state index >= 15 is 0 Å². The Bertz CT molecular complexity index is 936. The predicted molar refractivity (Wildman–Crippen MR) is 114 cm³/mol. The molecule has 1 fully saturated rings. The maximum absolute atomic E-state index is 12.8. The van der Waals surface area contributed by atoms with Gasteiger partial charge in [-0.15, -0.1) is 11.3 Å². The van der Waals surface area contributed by atoms with Crippen molar-refractivity contribution in [2.75, 3.05) is 20.1 Å². The maximum Gasteiger partial charge on any atom is 0.254 e. The van der Waals surface area contributed by atoms with Crippen LogP contribution in [0.4, 0.5) is 0 Å². The third-order valence-electron chi connectivity index (χ3n) is 5.28. The summed E-state index contributed by atoms with van der Waals surface area (Å²) < 4.78 is 5.30. The van der Waals surface area contributed by atoms with Gasteiger partial charge < -0.3 is 9.42 Å². The molecule has 29 heavy (non-hydrogen) atoms. The Morgan fingerprint density at radius 1 is 1.31 bits per heavy atom. The van der Waals surface area contributed by atoms with E-state index in [0.29, 0.717) is 17.3 Å². The molecule has 152 valence electrons. The number of likely N-dealkylation sites (tertiary alicyclic amines) is 1. The van der Waals surface area contributed by atoms with Crippen molar-refractivity contribution < 1.29 is 9.32 Å². The average molecular weight is 411 g/mol. The summed E-state index contributed by atoms with van der Waals surface area (Å²) in [7, 11) is 1.75. The SMILES string of the molecule is C[C@@H]1CCCN(Cc2ccc(C(=O)N(C)Cc3nc(-c4cccs4)no3)cc2)C1. The lowest BCUT2D eigenvalue weighted by Gasteiger charge is -2.30. The van der Waals surface area contributed by atoms with Crippen LogP contribution in [0.1, 0.15) is 41.6 Å². The second-order valence-corrected chi connectivity index (χ2v) is 8.78. The minimum Gasteiger partial charge on any atom is -0.337 e. The van der Waals surface area contributed by atoms with Crippen molar-refractivity contribution in [3.8, 4) is 10.7 Å². The van der Waals surface area contributed by atoms with Crippen molar-refractivity contribution in [3.63, 3.8) is 0 Å².